The SMILES string of the molecule is NC(=O)C(=O)C(Cc1ccccc1)NC(=O)[C@@H]1CCC(=O)N1Cc1cccc(Cl)c1. The number of carbonyl (C=O) groups is 4. The number of hydrogen-bond acceptors (Lipinski definition) is 4. The summed E-state index contributed by atoms with van der Waals surface area (Å²) in [5, 5.41) is 3.16. The lowest BCUT2D eigenvalue weighted by Crippen LogP contribution is -2.53. The summed E-state index contributed by atoms with van der Waals surface area (Å²) in [5.74, 6) is -2.64. The number of primary amides is 1. The summed E-state index contributed by atoms with van der Waals surface area (Å²) < 4.78 is 0. The van der Waals surface area contributed by atoms with Crippen molar-refractivity contribution in [1.82, 2.24) is 10.2 Å². The van der Waals surface area contributed by atoms with Crippen LogP contribution in [0.4, 0.5) is 0 Å². The molecule has 2 atom stereocenters. The van der Waals surface area contributed by atoms with Gasteiger partial charge >= 0.3 is 0 Å². The maximum Gasteiger partial charge on any atom is 0.287 e. The molecular formula is C22H22ClN3O4. The van der Waals surface area contributed by atoms with Gasteiger partial charge in [0.1, 0.15) is 12.1 Å². The highest BCUT2D eigenvalue weighted by Gasteiger charge is 2.38. The number of nitrogens with zero attached hydrogens (tertiary/aromatic N) is 1. The Morgan fingerprint density at radius 3 is 2.47 bits per heavy atom. The maximum atomic E-state index is 13.0. The zero-order valence-corrected chi connectivity index (χ0v) is 17.0. The minimum atomic E-state index is -1.12. The molecule has 156 valence electrons. The highest BCUT2D eigenvalue weighted by atomic mass is 35.5. The maximum absolute atomic E-state index is 13.0. The predicted molar refractivity (Wildman–Crippen MR) is 111 cm³/mol. The molecule has 2 aromatic rings. The van der Waals surface area contributed by atoms with Crippen LogP contribution in [0, 0.1) is 0 Å². The van der Waals surface area contributed by atoms with Crippen LogP contribution in [0.5, 0.6) is 0 Å². The number of ketones is 1. The van der Waals surface area contributed by atoms with Crippen LogP contribution in [-0.4, -0.2) is 40.5 Å². The Bertz CT molecular complexity index is 964. The van der Waals surface area contributed by atoms with E-state index in [1.807, 2.05) is 12.1 Å². The van der Waals surface area contributed by atoms with Crippen molar-refractivity contribution < 1.29 is 19.2 Å². The lowest BCUT2D eigenvalue weighted by atomic mass is 10.0. The van der Waals surface area contributed by atoms with Crippen molar-refractivity contribution in [2.45, 2.75) is 37.9 Å². The average Bonchev–Trinajstić information content (AvgIpc) is 3.08. The zero-order valence-electron chi connectivity index (χ0n) is 16.2. The number of benzene rings is 2. The Labute approximate surface area is 179 Å². The zero-order chi connectivity index (χ0) is 21.7. The van der Waals surface area contributed by atoms with Crippen LogP contribution in [0.25, 0.3) is 0 Å². The summed E-state index contributed by atoms with van der Waals surface area (Å²) in [6.07, 6.45) is 0.684. The molecule has 0 spiro atoms. The molecule has 0 saturated carbocycles. The van der Waals surface area contributed by atoms with Gasteiger partial charge in [-0.2, -0.15) is 0 Å². The van der Waals surface area contributed by atoms with Crippen LogP contribution in [0.1, 0.15) is 24.0 Å². The third-order valence-corrected chi connectivity index (χ3v) is 5.27. The Balaban J connectivity index is 1.75. The molecule has 1 aliphatic rings. The van der Waals surface area contributed by atoms with Gasteiger partial charge in [0.25, 0.3) is 5.91 Å². The number of nitrogens with one attached hydrogen (secondary N) is 1. The topological polar surface area (TPSA) is 110 Å². The summed E-state index contributed by atoms with van der Waals surface area (Å²) in [6, 6.07) is 14.2. The van der Waals surface area contributed by atoms with Gasteiger partial charge in [-0.15, -0.1) is 0 Å². The Kier molecular flexibility index (Phi) is 6.84. The molecule has 3 N–H and O–H groups in total. The molecule has 0 radical (unpaired) electrons. The summed E-state index contributed by atoms with van der Waals surface area (Å²) >= 11 is 6.01. The largest absolute Gasteiger partial charge is 0.363 e. The summed E-state index contributed by atoms with van der Waals surface area (Å²) in [5.41, 5.74) is 6.74. The van der Waals surface area contributed by atoms with E-state index in [0.29, 0.717) is 11.4 Å². The van der Waals surface area contributed by atoms with Crippen LogP contribution < -0.4 is 11.1 Å². The first kappa shape index (κ1) is 21.5. The van der Waals surface area contributed by atoms with Crippen molar-refractivity contribution in [3.8, 4) is 0 Å². The van der Waals surface area contributed by atoms with E-state index in [2.05, 4.69) is 5.32 Å². The van der Waals surface area contributed by atoms with Gasteiger partial charge in [-0.05, 0) is 29.7 Å². The fourth-order valence-corrected chi connectivity index (χ4v) is 3.75. The smallest absolute Gasteiger partial charge is 0.287 e. The van der Waals surface area contributed by atoms with E-state index in [4.69, 9.17) is 17.3 Å². The molecule has 1 heterocycles. The second-order valence-electron chi connectivity index (χ2n) is 7.19. The number of nitrogens with two attached hydrogens (primary N) is 1. The van der Waals surface area contributed by atoms with E-state index < -0.39 is 29.7 Å². The second kappa shape index (κ2) is 9.54. The van der Waals surface area contributed by atoms with Gasteiger partial charge in [0.05, 0.1) is 0 Å². The number of rotatable bonds is 8. The quantitative estimate of drug-likeness (QED) is 0.623. The molecule has 3 rings (SSSR count). The molecule has 1 saturated heterocycles. The number of likely N-dealkylation sites (tertiary alicyclic amines) is 1. The molecule has 2 aromatic carbocycles. The highest BCUT2D eigenvalue weighted by Crippen LogP contribution is 2.23. The second-order valence-corrected chi connectivity index (χ2v) is 7.62. The molecule has 1 unspecified atom stereocenters. The first-order chi connectivity index (χ1) is 14.3. The lowest BCUT2D eigenvalue weighted by molar-refractivity contribution is -0.140. The summed E-state index contributed by atoms with van der Waals surface area (Å²) in [4.78, 5) is 50.5. The van der Waals surface area contributed by atoms with Gasteiger partial charge in [-0.1, -0.05) is 54.1 Å². The fourth-order valence-electron chi connectivity index (χ4n) is 3.54. The van der Waals surface area contributed by atoms with E-state index >= 15 is 0 Å². The van der Waals surface area contributed by atoms with Crippen LogP contribution >= 0.6 is 11.6 Å². The van der Waals surface area contributed by atoms with Crippen LogP contribution in [-0.2, 0) is 32.1 Å². The van der Waals surface area contributed by atoms with Crippen molar-refractivity contribution >= 4 is 35.1 Å². The van der Waals surface area contributed by atoms with Gasteiger partial charge in [0, 0.05) is 24.4 Å². The fraction of sp³-hybridized carbons (Fsp3) is 0.273. The number of Topliss-reactive ketones (excluding diaryl/α,β-unsaturated/α-hetero) is 1. The van der Waals surface area contributed by atoms with E-state index in [0.717, 1.165) is 11.1 Å². The normalized spacial score (nSPS) is 16.9. The van der Waals surface area contributed by atoms with Crippen LogP contribution in [0.2, 0.25) is 5.02 Å². The molecular weight excluding hydrogens is 406 g/mol. The minimum absolute atomic E-state index is 0.128. The first-order valence-electron chi connectivity index (χ1n) is 9.57. The molecule has 0 aromatic heterocycles. The Hall–Kier alpha value is -3.19. The average molecular weight is 428 g/mol. The third kappa shape index (κ3) is 5.24. The molecule has 0 aliphatic carbocycles. The third-order valence-electron chi connectivity index (χ3n) is 5.03. The van der Waals surface area contributed by atoms with E-state index in [1.54, 1.807) is 42.5 Å². The number of carbonyl (C=O) groups excluding carboxylic acids is 4. The van der Waals surface area contributed by atoms with Gasteiger partial charge in [0.2, 0.25) is 17.6 Å². The van der Waals surface area contributed by atoms with Gasteiger partial charge in [-0.3, -0.25) is 19.2 Å². The molecule has 8 heteroatoms. The molecule has 30 heavy (non-hydrogen) atoms. The molecule has 0 bridgehead atoms. The number of halogens is 1. The van der Waals surface area contributed by atoms with Crippen molar-refractivity contribution in [2.75, 3.05) is 0 Å². The van der Waals surface area contributed by atoms with Crippen molar-refractivity contribution in [3.05, 3.63) is 70.7 Å². The summed E-state index contributed by atoms with van der Waals surface area (Å²) in [7, 11) is 0. The monoisotopic (exact) mass is 427 g/mol. The molecule has 7 nitrogen and oxygen atoms in total. The molecule has 1 aliphatic heterocycles. The molecule has 3 amide bonds. The summed E-state index contributed by atoms with van der Waals surface area (Å²) in [6.45, 7) is 0.227. The van der Waals surface area contributed by atoms with Crippen molar-refractivity contribution in [3.63, 3.8) is 0 Å². The highest BCUT2D eigenvalue weighted by molar-refractivity contribution is 6.38. The van der Waals surface area contributed by atoms with Crippen molar-refractivity contribution in [1.29, 1.82) is 0 Å². The van der Waals surface area contributed by atoms with Gasteiger partial charge in [0.15, 0.2) is 0 Å². The van der Waals surface area contributed by atoms with E-state index in [9.17, 15) is 19.2 Å². The first-order valence-corrected chi connectivity index (χ1v) is 9.95. The van der Waals surface area contributed by atoms with Crippen LogP contribution in [0.3, 0.4) is 0 Å². The van der Waals surface area contributed by atoms with Crippen molar-refractivity contribution in [2.24, 2.45) is 5.73 Å². The van der Waals surface area contributed by atoms with Gasteiger partial charge in [-0.25, -0.2) is 0 Å². The van der Waals surface area contributed by atoms with Crippen LogP contribution in [0.15, 0.2) is 54.6 Å². The lowest BCUT2D eigenvalue weighted by Gasteiger charge is -2.26. The molecule has 1 fully saturated rings. The van der Waals surface area contributed by atoms with E-state index in [1.165, 1.54) is 4.90 Å². The Morgan fingerprint density at radius 1 is 1.10 bits per heavy atom. The van der Waals surface area contributed by atoms with Gasteiger partial charge < -0.3 is 16.0 Å². The predicted octanol–water partition coefficient (Wildman–Crippen LogP) is 1.61. The number of amides is 3. The minimum Gasteiger partial charge on any atom is -0.363 e. The number of hydrogen-bond donors (Lipinski definition) is 2. The standard InChI is InChI=1S/C22H22ClN3O4/c23-16-8-4-7-15(11-16)13-26-18(9-10-19(26)27)22(30)25-17(20(28)21(24)29)12-14-5-2-1-3-6-14/h1-8,11,17-18H,9-10,12-13H2,(H2,24,29)(H,25,30)/t17?,18-/m0/s1. The van der Waals surface area contributed by atoms with E-state index in [-0.39, 0.29) is 25.3 Å². The Morgan fingerprint density at radius 2 is 1.80 bits per heavy atom.